The molecule has 21 heavy (non-hydrogen) atoms. The predicted octanol–water partition coefficient (Wildman–Crippen LogP) is 6.55. The largest absolute Gasteiger partial charge is 0.118 e. The standard InChI is InChI=1S/C20H39P/c1-9-10-11-18(6)19(7,14-16(2)3)12-13-20(8,21)15-17(4)5/h16-18H,9-11,14-15,21H2,1-8H3. The summed E-state index contributed by atoms with van der Waals surface area (Å²) in [6.07, 6.45) is 6.25. The van der Waals surface area contributed by atoms with E-state index in [2.05, 4.69) is 76.5 Å². The normalized spacial score (nSPS) is 18.8. The lowest BCUT2D eigenvalue weighted by atomic mass is 9.71. The van der Waals surface area contributed by atoms with E-state index in [1.54, 1.807) is 0 Å². The van der Waals surface area contributed by atoms with Gasteiger partial charge in [0.2, 0.25) is 0 Å². The minimum absolute atomic E-state index is 0.0525. The fourth-order valence-corrected chi connectivity index (χ4v) is 3.78. The van der Waals surface area contributed by atoms with Crippen LogP contribution in [0, 0.1) is 35.0 Å². The Kier molecular flexibility index (Phi) is 9.20. The van der Waals surface area contributed by atoms with Crippen molar-refractivity contribution in [2.24, 2.45) is 23.2 Å². The summed E-state index contributed by atoms with van der Waals surface area (Å²) in [5, 5.41) is 0.0525. The molecule has 0 aliphatic heterocycles. The molecule has 0 aromatic heterocycles. The van der Waals surface area contributed by atoms with Gasteiger partial charge in [-0.15, -0.1) is 9.24 Å². The lowest BCUT2D eigenvalue weighted by molar-refractivity contribution is 0.222. The number of hydrogen-bond acceptors (Lipinski definition) is 0. The van der Waals surface area contributed by atoms with Crippen LogP contribution in [0.5, 0.6) is 0 Å². The third kappa shape index (κ3) is 8.88. The maximum absolute atomic E-state index is 3.71. The van der Waals surface area contributed by atoms with Crippen molar-refractivity contribution < 1.29 is 0 Å². The van der Waals surface area contributed by atoms with Gasteiger partial charge >= 0.3 is 0 Å². The van der Waals surface area contributed by atoms with Gasteiger partial charge in [-0.3, -0.25) is 0 Å². The van der Waals surface area contributed by atoms with Crippen molar-refractivity contribution in [1.82, 2.24) is 0 Å². The van der Waals surface area contributed by atoms with Crippen LogP contribution in [0.3, 0.4) is 0 Å². The van der Waals surface area contributed by atoms with Crippen LogP contribution in [0.15, 0.2) is 0 Å². The zero-order valence-electron chi connectivity index (χ0n) is 15.8. The SMILES string of the molecule is CCCCC(C)C(C)(C#CC(C)(P)CC(C)C)CC(C)C. The minimum atomic E-state index is 0.0525. The lowest BCUT2D eigenvalue weighted by Gasteiger charge is -2.33. The first-order valence-electron chi connectivity index (χ1n) is 8.85. The van der Waals surface area contributed by atoms with Gasteiger partial charge in [-0.2, -0.15) is 0 Å². The highest BCUT2D eigenvalue weighted by molar-refractivity contribution is 7.19. The summed E-state index contributed by atoms with van der Waals surface area (Å²) in [5.41, 5.74) is 0.151. The molecule has 1 heteroatoms. The van der Waals surface area contributed by atoms with Crippen LogP contribution < -0.4 is 0 Å². The summed E-state index contributed by atoms with van der Waals surface area (Å²) >= 11 is 0. The van der Waals surface area contributed by atoms with Crippen LogP contribution in [0.1, 0.15) is 87.5 Å². The van der Waals surface area contributed by atoms with Crippen molar-refractivity contribution in [2.45, 2.75) is 92.7 Å². The second-order valence-electron chi connectivity index (χ2n) is 8.32. The van der Waals surface area contributed by atoms with Crippen molar-refractivity contribution in [3.63, 3.8) is 0 Å². The Bertz CT molecular complexity index is 343. The average Bonchev–Trinajstić information content (AvgIpc) is 2.31. The van der Waals surface area contributed by atoms with Crippen molar-refractivity contribution >= 4 is 9.24 Å². The van der Waals surface area contributed by atoms with E-state index in [1.165, 1.54) is 25.7 Å². The monoisotopic (exact) mass is 310 g/mol. The maximum Gasteiger partial charge on any atom is 0.0428 e. The van der Waals surface area contributed by atoms with E-state index in [4.69, 9.17) is 0 Å². The molecule has 0 rings (SSSR count). The topological polar surface area (TPSA) is 0 Å². The highest BCUT2D eigenvalue weighted by Gasteiger charge is 2.30. The molecule has 0 nitrogen and oxygen atoms in total. The van der Waals surface area contributed by atoms with Gasteiger partial charge in [0.15, 0.2) is 0 Å². The molecular weight excluding hydrogens is 271 g/mol. The quantitative estimate of drug-likeness (QED) is 0.352. The van der Waals surface area contributed by atoms with Gasteiger partial charge in [-0.25, -0.2) is 0 Å². The van der Waals surface area contributed by atoms with E-state index in [0.717, 1.165) is 6.42 Å². The zero-order chi connectivity index (χ0) is 16.7. The Morgan fingerprint density at radius 3 is 1.86 bits per heavy atom. The van der Waals surface area contributed by atoms with Gasteiger partial charge in [0.1, 0.15) is 0 Å². The number of unbranched alkanes of at least 4 members (excludes halogenated alkanes) is 1. The number of hydrogen-bond donors (Lipinski definition) is 0. The molecule has 124 valence electrons. The fourth-order valence-electron chi connectivity index (χ4n) is 3.24. The summed E-state index contributed by atoms with van der Waals surface area (Å²) in [7, 11) is 2.98. The lowest BCUT2D eigenvalue weighted by Crippen LogP contribution is -2.27. The van der Waals surface area contributed by atoms with E-state index >= 15 is 0 Å². The van der Waals surface area contributed by atoms with E-state index in [0.29, 0.717) is 17.8 Å². The molecule has 0 N–H and O–H groups in total. The van der Waals surface area contributed by atoms with E-state index in [1.807, 2.05) is 0 Å². The van der Waals surface area contributed by atoms with Crippen molar-refractivity contribution in [1.29, 1.82) is 0 Å². The van der Waals surface area contributed by atoms with Gasteiger partial charge in [-0.05, 0) is 50.9 Å². The Morgan fingerprint density at radius 2 is 1.43 bits per heavy atom. The molecule has 0 amide bonds. The molecule has 0 spiro atoms. The van der Waals surface area contributed by atoms with Crippen LogP contribution in [-0.2, 0) is 0 Å². The van der Waals surface area contributed by atoms with Crippen molar-refractivity contribution in [3.8, 4) is 11.8 Å². The van der Waals surface area contributed by atoms with Gasteiger partial charge in [0, 0.05) is 10.6 Å². The van der Waals surface area contributed by atoms with E-state index in [-0.39, 0.29) is 10.6 Å². The van der Waals surface area contributed by atoms with Gasteiger partial charge in [0.05, 0.1) is 0 Å². The predicted molar refractivity (Wildman–Crippen MR) is 102 cm³/mol. The minimum Gasteiger partial charge on any atom is -0.118 e. The molecule has 0 fully saturated rings. The number of rotatable bonds is 8. The first-order chi connectivity index (χ1) is 9.52. The highest BCUT2D eigenvalue weighted by Crippen LogP contribution is 2.37. The summed E-state index contributed by atoms with van der Waals surface area (Å²) in [4.78, 5) is 0. The van der Waals surface area contributed by atoms with Crippen LogP contribution in [0.25, 0.3) is 0 Å². The van der Waals surface area contributed by atoms with Gasteiger partial charge in [0.25, 0.3) is 0 Å². The Morgan fingerprint density at radius 1 is 0.905 bits per heavy atom. The summed E-state index contributed by atoms with van der Waals surface area (Å²) in [6.45, 7) is 18.5. The molecule has 0 saturated heterocycles. The van der Waals surface area contributed by atoms with Gasteiger partial charge < -0.3 is 0 Å². The molecule has 0 aliphatic carbocycles. The molecule has 0 bridgehead atoms. The zero-order valence-corrected chi connectivity index (χ0v) is 17.0. The molecule has 0 aromatic carbocycles. The maximum atomic E-state index is 3.71. The third-order valence-corrected chi connectivity index (χ3v) is 4.76. The van der Waals surface area contributed by atoms with E-state index < -0.39 is 0 Å². The summed E-state index contributed by atoms with van der Waals surface area (Å²) < 4.78 is 0. The smallest absolute Gasteiger partial charge is 0.0428 e. The molecule has 0 aliphatic rings. The first kappa shape index (κ1) is 21.0. The summed E-state index contributed by atoms with van der Waals surface area (Å²) in [5.74, 6) is 9.38. The molecule has 0 saturated carbocycles. The van der Waals surface area contributed by atoms with Gasteiger partial charge in [-0.1, -0.05) is 66.2 Å². The highest BCUT2D eigenvalue weighted by atomic mass is 31.0. The van der Waals surface area contributed by atoms with Crippen LogP contribution in [0.2, 0.25) is 0 Å². The molecular formula is C20H39P. The van der Waals surface area contributed by atoms with Crippen LogP contribution in [-0.4, -0.2) is 5.16 Å². The average molecular weight is 311 g/mol. The molecule has 4 atom stereocenters. The van der Waals surface area contributed by atoms with Crippen molar-refractivity contribution in [2.75, 3.05) is 0 Å². The first-order valence-corrected chi connectivity index (χ1v) is 9.43. The third-order valence-electron chi connectivity index (χ3n) is 4.38. The summed E-state index contributed by atoms with van der Waals surface area (Å²) in [6, 6.07) is 0. The van der Waals surface area contributed by atoms with Crippen molar-refractivity contribution in [3.05, 3.63) is 0 Å². The Hall–Kier alpha value is -0.0100. The second-order valence-corrected chi connectivity index (χ2v) is 9.60. The van der Waals surface area contributed by atoms with E-state index in [9.17, 15) is 0 Å². The second kappa shape index (κ2) is 9.20. The molecule has 4 unspecified atom stereocenters. The molecule has 0 heterocycles. The molecule has 0 radical (unpaired) electrons. The Labute approximate surface area is 137 Å². The van der Waals surface area contributed by atoms with Crippen LogP contribution in [0.4, 0.5) is 0 Å². The van der Waals surface area contributed by atoms with Crippen LogP contribution >= 0.6 is 9.24 Å². The Balaban J connectivity index is 5.16. The fraction of sp³-hybridized carbons (Fsp3) is 0.900. The molecule has 0 aromatic rings.